The quantitative estimate of drug-likeness (QED) is 0.596. The van der Waals surface area contributed by atoms with Gasteiger partial charge in [-0.1, -0.05) is 42.5 Å². The molecule has 0 amide bonds. The van der Waals surface area contributed by atoms with E-state index >= 15 is 0 Å². The van der Waals surface area contributed by atoms with Crippen molar-refractivity contribution in [3.8, 4) is 0 Å². The molecule has 17 heavy (non-hydrogen) atoms. The number of Topliss-reactive ketones (excluding diaryl/α,β-unsaturated/α-hetero) is 1. The zero-order chi connectivity index (χ0) is 12.1. The minimum atomic E-state index is 0.192. The van der Waals surface area contributed by atoms with Crippen molar-refractivity contribution in [2.45, 2.75) is 11.8 Å². The van der Waals surface area contributed by atoms with E-state index in [4.69, 9.17) is 0 Å². The Bertz CT molecular complexity index is 505. The van der Waals surface area contributed by atoms with Gasteiger partial charge in [-0.05, 0) is 24.6 Å². The average Bonchev–Trinajstić information content (AvgIpc) is 2.38. The minimum absolute atomic E-state index is 0.192. The van der Waals surface area contributed by atoms with Crippen molar-refractivity contribution in [2.24, 2.45) is 0 Å². The number of benzene rings is 2. The topological polar surface area (TPSA) is 17.1 Å². The van der Waals surface area contributed by atoms with Gasteiger partial charge in [0.2, 0.25) is 0 Å². The number of ketones is 1. The lowest BCUT2D eigenvalue weighted by Crippen LogP contribution is -2.04. The van der Waals surface area contributed by atoms with Gasteiger partial charge in [0, 0.05) is 10.5 Å². The summed E-state index contributed by atoms with van der Waals surface area (Å²) in [5.74, 6) is 0.687. The van der Waals surface area contributed by atoms with Crippen LogP contribution in [0.1, 0.15) is 15.9 Å². The van der Waals surface area contributed by atoms with Crippen LogP contribution in [0.2, 0.25) is 0 Å². The van der Waals surface area contributed by atoms with E-state index in [-0.39, 0.29) is 5.78 Å². The maximum absolute atomic E-state index is 12.0. The summed E-state index contributed by atoms with van der Waals surface area (Å²) < 4.78 is 0. The van der Waals surface area contributed by atoms with Gasteiger partial charge < -0.3 is 0 Å². The van der Waals surface area contributed by atoms with E-state index < -0.39 is 0 Å². The van der Waals surface area contributed by atoms with E-state index in [0.29, 0.717) is 5.75 Å². The number of aryl methyl sites for hydroxylation is 1. The molecule has 2 heteroatoms. The van der Waals surface area contributed by atoms with E-state index in [1.54, 1.807) is 11.8 Å². The summed E-state index contributed by atoms with van der Waals surface area (Å²) in [7, 11) is 0. The lowest BCUT2D eigenvalue weighted by molar-refractivity contribution is 0.102. The first-order valence-electron chi connectivity index (χ1n) is 5.54. The monoisotopic (exact) mass is 242 g/mol. The van der Waals surface area contributed by atoms with Gasteiger partial charge in [0.05, 0.1) is 5.75 Å². The first kappa shape index (κ1) is 11.9. The summed E-state index contributed by atoms with van der Waals surface area (Å²) in [6.07, 6.45) is 0. The second kappa shape index (κ2) is 5.69. The Morgan fingerprint density at radius 1 is 1.00 bits per heavy atom. The van der Waals surface area contributed by atoms with E-state index in [9.17, 15) is 4.79 Å². The molecule has 0 saturated heterocycles. The lowest BCUT2D eigenvalue weighted by Gasteiger charge is -2.04. The van der Waals surface area contributed by atoms with Crippen LogP contribution in [0, 0.1) is 6.92 Å². The Hall–Kier alpha value is -1.54. The Labute approximate surface area is 106 Å². The Morgan fingerprint density at radius 3 is 2.35 bits per heavy atom. The van der Waals surface area contributed by atoms with Crippen LogP contribution in [0.25, 0.3) is 0 Å². The summed E-state index contributed by atoms with van der Waals surface area (Å²) in [6, 6.07) is 17.7. The molecule has 0 N–H and O–H groups in total. The predicted octanol–water partition coefficient (Wildman–Crippen LogP) is 3.97. The standard InChI is InChI=1S/C15H14OS/c1-12-7-5-6-10-14(12)15(16)11-17-13-8-3-2-4-9-13/h2-10H,11H2,1H3. The first-order valence-corrected chi connectivity index (χ1v) is 6.52. The summed E-state index contributed by atoms with van der Waals surface area (Å²) in [6.45, 7) is 1.97. The number of thioether (sulfide) groups is 1. The van der Waals surface area contributed by atoms with Gasteiger partial charge >= 0.3 is 0 Å². The molecule has 0 aromatic heterocycles. The van der Waals surface area contributed by atoms with Crippen LogP contribution in [0.5, 0.6) is 0 Å². The molecule has 0 spiro atoms. The summed E-state index contributed by atoms with van der Waals surface area (Å²) in [5, 5.41) is 0. The zero-order valence-electron chi connectivity index (χ0n) is 9.72. The Kier molecular flexibility index (Phi) is 3.99. The highest BCUT2D eigenvalue weighted by Gasteiger charge is 2.08. The fraction of sp³-hybridized carbons (Fsp3) is 0.133. The molecule has 0 atom stereocenters. The maximum Gasteiger partial charge on any atom is 0.173 e. The number of hydrogen-bond acceptors (Lipinski definition) is 2. The molecule has 0 aliphatic carbocycles. The maximum atomic E-state index is 12.0. The molecule has 0 fully saturated rings. The first-order chi connectivity index (χ1) is 8.27. The number of carbonyl (C=O) groups excluding carboxylic acids is 1. The van der Waals surface area contributed by atoms with Crippen molar-refractivity contribution >= 4 is 17.5 Å². The van der Waals surface area contributed by atoms with Crippen LogP contribution in [0.15, 0.2) is 59.5 Å². The third-order valence-corrected chi connectivity index (χ3v) is 3.57. The highest BCUT2D eigenvalue weighted by molar-refractivity contribution is 8.00. The second-order valence-electron chi connectivity index (χ2n) is 3.84. The van der Waals surface area contributed by atoms with E-state index in [0.717, 1.165) is 16.0 Å². The molecule has 0 unspecified atom stereocenters. The molecule has 0 heterocycles. The van der Waals surface area contributed by atoms with Gasteiger partial charge in [0.25, 0.3) is 0 Å². The van der Waals surface area contributed by atoms with Crippen molar-refractivity contribution < 1.29 is 4.79 Å². The highest BCUT2D eigenvalue weighted by atomic mass is 32.2. The second-order valence-corrected chi connectivity index (χ2v) is 4.89. The average molecular weight is 242 g/mol. The van der Waals surface area contributed by atoms with Crippen molar-refractivity contribution in [1.29, 1.82) is 0 Å². The van der Waals surface area contributed by atoms with Crippen LogP contribution in [-0.4, -0.2) is 11.5 Å². The van der Waals surface area contributed by atoms with Gasteiger partial charge in [-0.25, -0.2) is 0 Å². The summed E-state index contributed by atoms with van der Waals surface area (Å²) in [4.78, 5) is 13.2. The van der Waals surface area contributed by atoms with Gasteiger partial charge in [0.15, 0.2) is 5.78 Å². The van der Waals surface area contributed by atoms with Gasteiger partial charge in [0.1, 0.15) is 0 Å². The van der Waals surface area contributed by atoms with Crippen molar-refractivity contribution in [3.63, 3.8) is 0 Å². The molecule has 2 aromatic carbocycles. The van der Waals surface area contributed by atoms with Gasteiger partial charge in [-0.15, -0.1) is 11.8 Å². The largest absolute Gasteiger partial charge is 0.293 e. The Balaban J connectivity index is 2.01. The van der Waals surface area contributed by atoms with Crippen molar-refractivity contribution in [2.75, 3.05) is 5.75 Å². The molecule has 0 aliphatic rings. The molecular formula is C15H14OS. The van der Waals surface area contributed by atoms with E-state index in [1.807, 2.05) is 61.5 Å². The number of carbonyl (C=O) groups is 1. The summed E-state index contributed by atoms with van der Waals surface area (Å²) >= 11 is 1.58. The van der Waals surface area contributed by atoms with Gasteiger partial charge in [-0.2, -0.15) is 0 Å². The van der Waals surface area contributed by atoms with Crippen LogP contribution >= 0.6 is 11.8 Å². The zero-order valence-corrected chi connectivity index (χ0v) is 10.5. The lowest BCUT2D eigenvalue weighted by atomic mass is 10.1. The SMILES string of the molecule is Cc1ccccc1C(=O)CSc1ccccc1. The van der Waals surface area contributed by atoms with E-state index in [2.05, 4.69) is 0 Å². The van der Waals surface area contributed by atoms with Crippen LogP contribution in [-0.2, 0) is 0 Å². The molecule has 86 valence electrons. The molecule has 2 rings (SSSR count). The molecule has 0 aliphatic heterocycles. The smallest absolute Gasteiger partial charge is 0.173 e. The van der Waals surface area contributed by atoms with Crippen LogP contribution < -0.4 is 0 Å². The molecular weight excluding hydrogens is 228 g/mol. The fourth-order valence-electron chi connectivity index (χ4n) is 1.63. The summed E-state index contributed by atoms with van der Waals surface area (Å²) in [5.41, 5.74) is 1.88. The normalized spacial score (nSPS) is 10.2. The molecule has 2 aromatic rings. The third kappa shape index (κ3) is 3.21. The minimum Gasteiger partial charge on any atom is -0.293 e. The van der Waals surface area contributed by atoms with Crippen molar-refractivity contribution in [1.82, 2.24) is 0 Å². The van der Waals surface area contributed by atoms with Gasteiger partial charge in [-0.3, -0.25) is 4.79 Å². The molecule has 1 nitrogen and oxygen atoms in total. The number of rotatable bonds is 4. The Morgan fingerprint density at radius 2 is 1.65 bits per heavy atom. The fourth-order valence-corrected chi connectivity index (χ4v) is 2.43. The van der Waals surface area contributed by atoms with Crippen LogP contribution in [0.3, 0.4) is 0 Å². The molecule has 0 saturated carbocycles. The molecule has 0 radical (unpaired) electrons. The van der Waals surface area contributed by atoms with E-state index in [1.165, 1.54) is 0 Å². The third-order valence-electron chi connectivity index (χ3n) is 2.56. The van der Waals surface area contributed by atoms with Crippen LogP contribution in [0.4, 0.5) is 0 Å². The predicted molar refractivity (Wildman–Crippen MR) is 72.7 cm³/mol. The highest BCUT2D eigenvalue weighted by Crippen LogP contribution is 2.19. The van der Waals surface area contributed by atoms with Crippen molar-refractivity contribution in [3.05, 3.63) is 65.7 Å². The molecule has 0 bridgehead atoms. The number of hydrogen-bond donors (Lipinski definition) is 0.